The Morgan fingerprint density at radius 1 is 1.31 bits per heavy atom. The first-order valence-electron chi connectivity index (χ1n) is 11.3. The molecule has 2 aromatic heterocycles. The van der Waals surface area contributed by atoms with E-state index in [1.165, 1.54) is 10.9 Å². The number of carbonyl (C=O) groups excluding carboxylic acids is 1. The third-order valence-corrected chi connectivity index (χ3v) is 6.76. The van der Waals surface area contributed by atoms with Crippen molar-refractivity contribution in [2.75, 3.05) is 20.2 Å². The van der Waals surface area contributed by atoms with Crippen molar-refractivity contribution in [3.63, 3.8) is 0 Å². The molecule has 1 aliphatic rings. The molecule has 0 atom stereocenters. The minimum Gasteiger partial charge on any atom is -0.497 e. The standard InChI is InChI=1S/C25H31N5O2/c1-17-21(18(2)30(28-17)12-4-11-26)6-8-25(31)29-13-9-19(10-14-29)23-16-27-24-7-5-20(32-3)15-22(23)24/h5,7,15-16,19,27H,4,6,8-10,12-14H2,1-3H3. The molecule has 32 heavy (non-hydrogen) atoms. The van der Waals surface area contributed by atoms with Gasteiger partial charge in [-0.1, -0.05) is 0 Å². The predicted molar refractivity (Wildman–Crippen MR) is 124 cm³/mol. The van der Waals surface area contributed by atoms with Crippen molar-refractivity contribution in [1.82, 2.24) is 19.7 Å². The van der Waals surface area contributed by atoms with Crippen molar-refractivity contribution in [3.05, 3.63) is 46.9 Å². The van der Waals surface area contributed by atoms with Crippen LogP contribution >= 0.6 is 0 Å². The Kier molecular flexibility index (Phi) is 6.50. The number of hydrogen-bond donors (Lipinski definition) is 1. The first-order chi connectivity index (χ1) is 15.5. The minimum atomic E-state index is 0.215. The number of nitrogens with one attached hydrogen (secondary N) is 1. The first-order valence-corrected chi connectivity index (χ1v) is 11.3. The van der Waals surface area contributed by atoms with Crippen LogP contribution in [0.4, 0.5) is 0 Å². The Hall–Kier alpha value is -3.27. The van der Waals surface area contributed by atoms with E-state index in [9.17, 15) is 4.79 Å². The van der Waals surface area contributed by atoms with Crippen molar-refractivity contribution in [2.45, 2.75) is 58.4 Å². The molecule has 1 amide bonds. The highest BCUT2D eigenvalue weighted by atomic mass is 16.5. The molecule has 1 N–H and O–H groups in total. The number of aromatic amines is 1. The highest BCUT2D eigenvalue weighted by molar-refractivity contribution is 5.85. The fraction of sp³-hybridized carbons (Fsp3) is 0.480. The lowest BCUT2D eigenvalue weighted by Gasteiger charge is -2.32. The van der Waals surface area contributed by atoms with Crippen LogP contribution in [0.3, 0.4) is 0 Å². The van der Waals surface area contributed by atoms with Gasteiger partial charge in [0, 0.05) is 42.3 Å². The second-order valence-corrected chi connectivity index (χ2v) is 8.59. The van der Waals surface area contributed by atoms with E-state index in [0.717, 1.165) is 54.1 Å². The first kappa shape index (κ1) is 21.9. The Balaban J connectivity index is 1.35. The highest BCUT2D eigenvalue weighted by Crippen LogP contribution is 2.35. The minimum absolute atomic E-state index is 0.215. The number of piperidine rings is 1. The zero-order valence-corrected chi connectivity index (χ0v) is 19.1. The number of ether oxygens (including phenoxy) is 1. The van der Waals surface area contributed by atoms with Crippen LogP contribution in [0, 0.1) is 25.2 Å². The molecule has 0 aliphatic carbocycles. The molecular formula is C25H31N5O2. The lowest BCUT2D eigenvalue weighted by molar-refractivity contribution is -0.132. The molecule has 7 nitrogen and oxygen atoms in total. The number of fused-ring (bicyclic) bond motifs is 1. The summed E-state index contributed by atoms with van der Waals surface area (Å²) in [6.45, 7) is 6.19. The normalized spacial score (nSPS) is 14.6. The molecule has 4 rings (SSSR count). The van der Waals surface area contributed by atoms with Gasteiger partial charge in [0.05, 0.1) is 31.8 Å². The van der Waals surface area contributed by atoms with Gasteiger partial charge in [0.1, 0.15) is 5.75 Å². The van der Waals surface area contributed by atoms with Gasteiger partial charge >= 0.3 is 0 Å². The van der Waals surface area contributed by atoms with Crippen LogP contribution in [0.2, 0.25) is 0 Å². The van der Waals surface area contributed by atoms with E-state index in [-0.39, 0.29) is 5.91 Å². The largest absolute Gasteiger partial charge is 0.497 e. The summed E-state index contributed by atoms with van der Waals surface area (Å²) in [4.78, 5) is 18.3. The fourth-order valence-electron chi connectivity index (χ4n) is 4.89. The summed E-state index contributed by atoms with van der Waals surface area (Å²) in [7, 11) is 1.69. The third kappa shape index (κ3) is 4.36. The lowest BCUT2D eigenvalue weighted by Crippen LogP contribution is -2.38. The van der Waals surface area contributed by atoms with Crippen molar-refractivity contribution < 1.29 is 9.53 Å². The van der Waals surface area contributed by atoms with Gasteiger partial charge in [-0.2, -0.15) is 10.4 Å². The van der Waals surface area contributed by atoms with E-state index >= 15 is 0 Å². The number of carbonyl (C=O) groups is 1. The number of nitrogens with zero attached hydrogens (tertiary/aromatic N) is 4. The van der Waals surface area contributed by atoms with E-state index in [4.69, 9.17) is 10.00 Å². The molecule has 1 aromatic carbocycles. The van der Waals surface area contributed by atoms with E-state index < -0.39 is 0 Å². The van der Waals surface area contributed by atoms with Gasteiger partial charge in [0.25, 0.3) is 0 Å². The van der Waals surface area contributed by atoms with Crippen LogP contribution in [0.15, 0.2) is 24.4 Å². The molecule has 3 heterocycles. The molecule has 0 spiro atoms. The maximum atomic E-state index is 12.9. The smallest absolute Gasteiger partial charge is 0.222 e. The molecule has 7 heteroatoms. The Morgan fingerprint density at radius 3 is 2.81 bits per heavy atom. The average Bonchev–Trinajstić information content (AvgIpc) is 3.35. The monoisotopic (exact) mass is 433 g/mol. The maximum Gasteiger partial charge on any atom is 0.222 e. The van der Waals surface area contributed by atoms with Gasteiger partial charge in [0.2, 0.25) is 5.91 Å². The van der Waals surface area contributed by atoms with Gasteiger partial charge in [-0.3, -0.25) is 9.48 Å². The molecule has 1 fully saturated rings. The second-order valence-electron chi connectivity index (χ2n) is 8.59. The summed E-state index contributed by atoms with van der Waals surface area (Å²) in [5.74, 6) is 1.53. The second kappa shape index (κ2) is 9.47. The fourth-order valence-corrected chi connectivity index (χ4v) is 4.89. The summed E-state index contributed by atoms with van der Waals surface area (Å²) in [6, 6.07) is 8.29. The Bertz CT molecular complexity index is 1150. The van der Waals surface area contributed by atoms with E-state index in [1.807, 2.05) is 29.5 Å². The summed E-state index contributed by atoms with van der Waals surface area (Å²) in [5.41, 5.74) is 5.61. The number of likely N-dealkylation sites (tertiary alicyclic amines) is 1. The summed E-state index contributed by atoms with van der Waals surface area (Å²) >= 11 is 0. The number of methoxy groups -OCH3 is 1. The van der Waals surface area contributed by atoms with E-state index in [0.29, 0.717) is 31.7 Å². The summed E-state index contributed by atoms with van der Waals surface area (Å²) < 4.78 is 7.29. The van der Waals surface area contributed by atoms with Crippen LogP contribution in [0.25, 0.3) is 10.9 Å². The van der Waals surface area contributed by atoms with E-state index in [2.05, 4.69) is 34.5 Å². The molecule has 0 radical (unpaired) electrons. The van der Waals surface area contributed by atoms with Crippen molar-refractivity contribution in [2.24, 2.45) is 0 Å². The van der Waals surface area contributed by atoms with Crippen LogP contribution < -0.4 is 4.74 Å². The van der Waals surface area contributed by atoms with Gasteiger partial charge in [0.15, 0.2) is 0 Å². The molecular weight excluding hydrogens is 402 g/mol. The van der Waals surface area contributed by atoms with Gasteiger partial charge in [-0.05, 0) is 68.4 Å². The van der Waals surface area contributed by atoms with Crippen LogP contribution in [-0.2, 0) is 17.8 Å². The quantitative estimate of drug-likeness (QED) is 0.604. The number of benzene rings is 1. The van der Waals surface area contributed by atoms with Crippen LogP contribution in [0.1, 0.15) is 54.1 Å². The SMILES string of the molecule is COc1ccc2[nH]cc(C3CCN(C(=O)CCc4c(C)nn(CCC#N)c4C)CC3)c2c1. The zero-order valence-electron chi connectivity index (χ0n) is 19.1. The number of aryl methyl sites for hydroxylation is 2. The zero-order chi connectivity index (χ0) is 22.7. The highest BCUT2D eigenvalue weighted by Gasteiger charge is 2.26. The number of hydrogen-bond acceptors (Lipinski definition) is 4. The van der Waals surface area contributed by atoms with Crippen LogP contribution in [0.5, 0.6) is 5.75 Å². The van der Waals surface area contributed by atoms with Crippen molar-refractivity contribution >= 4 is 16.8 Å². The molecule has 0 saturated carbocycles. The van der Waals surface area contributed by atoms with Crippen molar-refractivity contribution in [1.29, 1.82) is 5.26 Å². The summed E-state index contributed by atoms with van der Waals surface area (Å²) in [6.07, 6.45) is 5.70. The average molecular weight is 434 g/mol. The number of aromatic nitrogens is 3. The van der Waals surface area contributed by atoms with Crippen molar-refractivity contribution in [3.8, 4) is 11.8 Å². The topological polar surface area (TPSA) is 86.9 Å². The maximum absolute atomic E-state index is 12.9. The van der Waals surface area contributed by atoms with Crippen LogP contribution in [-0.4, -0.2) is 45.8 Å². The molecule has 3 aromatic rings. The number of nitriles is 1. The molecule has 1 aliphatic heterocycles. The molecule has 0 bridgehead atoms. The molecule has 1 saturated heterocycles. The Morgan fingerprint density at radius 2 is 2.09 bits per heavy atom. The number of amides is 1. The summed E-state index contributed by atoms with van der Waals surface area (Å²) in [5, 5.41) is 14.6. The predicted octanol–water partition coefficient (Wildman–Crippen LogP) is 4.24. The van der Waals surface area contributed by atoms with Gasteiger partial charge in [-0.25, -0.2) is 0 Å². The lowest BCUT2D eigenvalue weighted by atomic mass is 9.89. The molecule has 168 valence electrons. The molecule has 0 unspecified atom stereocenters. The Labute approximate surface area is 189 Å². The van der Waals surface area contributed by atoms with Gasteiger partial charge < -0.3 is 14.6 Å². The number of H-pyrrole nitrogens is 1. The number of rotatable bonds is 7. The third-order valence-electron chi connectivity index (χ3n) is 6.76. The van der Waals surface area contributed by atoms with Gasteiger partial charge in [-0.15, -0.1) is 0 Å². The van der Waals surface area contributed by atoms with E-state index in [1.54, 1.807) is 7.11 Å².